The molecule has 0 spiro atoms. The maximum atomic E-state index is 9.86. The van der Waals surface area contributed by atoms with E-state index >= 15 is 0 Å². The fraction of sp³-hybridized carbons (Fsp3) is 0.667. The Morgan fingerprint density at radius 2 is 2.31 bits per heavy atom. The van der Waals surface area contributed by atoms with Crippen LogP contribution in [0.2, 0.25) is 0 Å². The number of hydrogen-bond donors (Lipinski definition) is 1. The van der Waals surface area contributed by atoms with Crippen LogP contribution in [0, 0.1) is 6.92 Å². The van der Waals surface area contributed by atoms with E-state index in [1.807, 2.05) is 18.7 Å². The van der Waals surface area contributed by atoms with E-state index in [1.165, 1.54) is 0 Å². The molecule has 0 aliphatic carbocycles. The van der Waals surface area contributed by atoms with Crippen LogP contribution in [0.1, 0.15) is 30.7 Å². The Morgan fingerprint density at radius 3 is 3.00 bits per heavy atom. The van der Waals surface area contributed by atoms with E-state index in [-0.39, 0.29) is 6.10 Å². The van der Waals surface area contributed by atoms with Crippen molar-refractivity contribution < 1.29 is 5.11 Å². The van der Waals surface area contributed by atoms with Crippen molar-refractivity contribution in [2.45, 2.75) is 36.6 Å². The van der Waals surface area contributed by atoms with Crippen molar-refractivity contribution in [3.8, 4) is 0 Å². The van der Waals surface area contributed by atoms with Crippen LogP contribution in [0.25, 0.3) is 0 Å². The Bertz CT molecular complexity index is 335. The summed E-state index contributed by atoms with van der Waals surface area (Å²) in [6, 6.07) is 0. The molecule has 0 radical (unpaired) electrons. The van der Waals surface area contributed by atoms with Crippen molar-refractivity contribution in [3.05, 3.63) is 11.3 Å². The van der Waals surface area contributed by atoms with Gasteiger partial charge in [0, 0.05) is 17.9 Å². The summed E-state index contributed by atoms with van der Waals surface area (Å²) in [5, 5.41) is 15.8. The Hall–Kier alpha value is -0.480. The quantitative estimate of drug-likeness (QED) is 0.688. The molecule has 2 atom stereocenters. The molecule has 0 bridgehead atoms. The van der Waals surface area contributed by atoms with Gasteiger partial charge in [0.2, 0.25) is 0 Å². The summed E-state index contributed by atoms with van der Waals surface area (Å²) >= 11 is 1.80. The van der Waals surface area contributed by atoms with Crippen molar-refractivity contribution in [3.63, 3.8) is 0 Å². The number of rotatable bonds is 0. The van der Waals surface area contributed by atoms with Crippen LogP contribution >= 0.6 is 11.8 Å². The monoisotopic (exact) mass is 198 g/mol. The van der Waals surface area contributed by atoms with Crippen molar-refractivity contribution >= 4 is 11.8 Å². The Balaban J connectivity index is 2.51. The number of thioether (sulfide) groups is 1. The summed E-state index contributed by atoms with van der Waals surface area (Å²) in [5.74, 6) is 0. The minimum Gasteiger partial charge on any atom is -0.388 e. The van der Waals surface area contributed by atoms with Gasteiger partial charge in [0.05, 0.1) is 16.8 Å². The first kappa shape index (κ1) is 9.09. The molecular formula is C9H14N2OS. The third-order valence-electron chi connectivity index (χ3n) is 2.42. The Labute approximate surface area is 82.1 Å². The largest absolute Gasteiger partial charge is 0.388 e. The van der Waals surface area contributed by atoms with Gasteiger partial charge in [-0.2, -0.15) is 5.10 Å². The topological polar surface area (TPSA) is 38.0 Å². The van der Waals surface area contributed by atoms with Crippen molar-refractivity contribution in [1.29, 1.82) is 0 Å². The number of nitrogens with zero attached hydrogens (tertiary/aromatic N) is 2. The van der Waals surface area contributed by atoms with Crippen LogP contribution in [-0.4, -0.2) is 20.1 Å². The van der Waals surface area contributed by atoms with Gasteiger partial charge in [-0.1, -0.05) is 6.92 Å². The van der Waals surface area contributed by atoms with Crippen LogP contribution in [0.5, 0.6) is 0 Å². The lowest BCUT2D eigenvalue weighted by atomic mass is 10.1. The lowest BCUT2D eigenvalue weighted by Gasteiger charge is -2.23. The van der Waals surface area contributed by atoms with Gasteiger partial charge in [0.1, 0.15) is 0 Å². The van der Waals surface area contributed by atoms with Crippen molar-refractivity contribution in [2.75, 3.05) is 0 Å². The third-order valence-corrected chi connectivity index (χ3v) is 3.72. The number of aromatic nitrogens is 2. The molecule has 0 fully saturated rings. The Kier molecular flexibility index (Phi) is 2.12. The van der Waals surface area contributed by atoms with E-state index in [9.17, 15) is 5.11 Å². The summed E-state index contributed by atoms with van der Waals surface area (Å²) in [5.41, 5.74) is 2.00. The smallest absolute Gasteiger partial charge is 0.1000 e. The molecule has 2 unspecified atom stereocenters. The minimum atomic E-state index is -0.319. The number of aliphatic hydroxyl groups is 1. The highest BCUT2D eigenvalue weighted by molar-refractivity contribution is 8.00. The molecule has 2 rings (SSSR count). The molecule has 0 aromatic carbocycles. The van der Waals surface area contributed by atoms with Crippen molar-refractivity contribution in [1.82, 2.24) is 9.78 Å². The highest BCUT2D eigenvalue weighted by Crippen LogP contribution is 2.41. The maximum absolute atomic E-state index is 9.86. The molecule has 0 amide bonds. The molecular weight excluding hydrogens is 184 g/mol. The van der Waals surface area contributed by atoms with E-state index in [1.54, 1.807) is 11.8 Å². The molecule has 3 nitrogen and oxygen atoms in total. The molecule has 2 heterocycles. The summed E-state index contributed by atoms with van der Waals surface area (Å²) in [6.07, 6.45) is 0.518. The normalized spacial score (nSPS) is 27.4. The van der Waals surface area contributed by atoms with E-state index in [4.69, 9.17) is 0 Å². The van der Waals surface area contributed by atoms with Gasteiger partial charge in [-0.3, -0.25) is 4.68 Å². The Morgan fingerprint density at radius 1 is 1.62 bits per heavy atom. The minimum absolute atomic E-state index is 0.319. The van der Waals surface area contributed by atoms with Gasteiger partial charge in [-0.25, -0.2) is 0 Å². The number of aryl methyl sites for hydroxylation is 2. The second-order valence-corrected chi connectivity index (χ2v) is 5.03. The molecule has 13 heavy (non-hydrogen) atoms. The maximum Gasteiger partial charge on any atom is 0.1000 e. The zero-order valence-corrected chi connectivity index (χ0v) is 8.93. The molecule has 1 aromatic heterocycles. The van der Waals surface area contributed by atoms with Crippen LogP contribution in [-0.2, 0) is 7.05 Å². The molecule has 0 saturated carbocycles. The fourth-order valence-corrected chi connectivity index (χ4v) is 3.11. The van der Waals surface area contributed by atoms with E-state index < -0.39 is 0 Å². The summed E-state index contributed by atoms with van der Waals surface area (Å²) in [7, 11) is 1.93. The van der Waals surface area contributed by atoms with E-state index in [0.717, 1.165) is 22.7 Å². The molecule has 1 aliphatic rings. The highest BCUT2D eigenvalue weighted by Gasteiger charge is 2.28. The predicted octanol–water partition coefficient (Wildman–Crippen LogP) is 1.65. The fourth-order valence-electron chi connectivity index (χ4n) is 1.85. The zero-order chi connectivity index (χ0) is 9.59. The predicted molar refractivity (Wildman–Crippen MR) is 52.8 cm³/mol. The number of hydrogen-bond acceptors (Lipinski definition) is 3. The molecule has 1 aromatic rings. The second-order valence-electron chi connectivity index (χ2n) is 3.61. The number of aliphatic hydroxyl groups excluding tert-OH is 1. The van der Waals surface area contributed by atoms with Gasteiger partial charge >= 0.3 is 0 Å². The standard InChI is InChI=1S/C9H14N2OS/c1-5-4-7(12)8-6(2)10-11(3)9(8)13-5/h5,7,12H,4H2,1-3H3. The first-order valence-corrected chi connectivity index (χ1v) is 5.35. The molecule has 72 valence electrons. The second kappa shape index (κ2) is 3.03. The van der Waals surface area contributed by atoms with Gasteiger partial charge < -0.3 is 5.11 Å². The van der Waals surface area contributed by atoms with Crippen LogP contribution < -0.4 is 0 Å². The van der Waals surface area contributed by atoms with Gasteiger partial charge in [-0.05, 0) is 13.3 Å². The van der Waals surface area contributed by atoms with Crippen LogP contribution in [0.4, 0.5) is 0 Å². The molecule has 4 heteroatoms. The molecule has 1 N–H and O–H groups in total. The van der Waals surface area contributed by atoms with Crippen molar-refractivity contribution in [2.24, 2.45) is 7.05 Å². The van der Waals surface area contributed by atoms with E-state index in [0.29, 0.717) is 5.25 Å². The zero-order valence-electron chi connectivity index (χ0n) is 8.11. The lowest BCUT2D eigenvalue weighted by molar-refractivity contribution is 0.161. The first-order valence-electron chi connectivity index (χ1n) is 4.47. The average molecular weight is 198 g/mol. The van der Waals surface area contributed by atoms with Gasteiger partial charge in [-0.15, -0.1) is 11.8 Å². The summed E-state index contributed by atoms with van der Waals surface area (Å²) < 4.78 is 1.87. The number of fused-ring (bicyclic) bond motifs is 1. The van der Waals surface area contributed by atoms with E-state index in [2.05, 4.69) is 12.0 Å². The SMILES string of the molecule is Cc1nn(C)c2c1C(O)CC(C)S2. The first-order chi connectivity index (χ1) is 6.09. The third kappa shape index (κ3) is 1.38. The summed E-state index contributed by atoms with van der Waals surface area (Å²) in [4.78, 5) is 0. The highest BCUT2D eigenvalue weighted by atomic mass is 32.2. The molecule has 1 aliphatic heterocycles. The van der Waals surface area contributed by atoms with Crippen LogP contribution in [0.15, 0.2) is 5.03 Å². The summed E-state index contributed by atoms with van der Waals surface area (Å²) in [6.45, 7) is 4.10. The molecule has 0 saturated heterocycles. The lowest BCUT2D eigenvalue weighted by Crippen LogP contribution is -2.13. The average Bonchev–Trinajstić information content (AvgIpc) is 2.27. The van der Waals surface area contributed by atoms with Gasteiger partial charge in [0.25, 0.3) is 0 Å². The van der Waals surface area contributed by atoms with Crippen LogP contribution in [0.3, 0.4) is 0 Å². The van der Waals surface area contributed by atoms with Gasteiger partial charge in [0.15, 0.2) is 0 Å².